The highest BCUT2D eigenvalue weighted by Crippen LogP contribution is 2.41. The number of furan rings is 1. The number of aliphatic carboxylic acids is 1. The van der Waals surface area contributed by atoms with Gasteiger partial charge in [-0.05, 0) is 31.2 Å². The van der Waals surface area contributed by atoms with Crippen LogP contribution in [0.4, 0.5) is 0 Å². The lowest BCUT2D eigenvalue weighted by Crippen LogP contribution is -2.46. The molecule has 138 valence electrons. The van der Waals surface area contributed by atoms with E-state index in [-0.39, 0.29) is 30.2 Å². The van der Waals surface area contributed by atoms with E-state index in [0.717, 1.165) is 31.1 Å². The Morgan fingerprint density at radius 2 is 2.04 bits per heavy atom. The van der Waals surface area contributed by atoms with Gasteiger partial charge < -0.3 is 19.2 Å². The second kappa shape index (κ2) is 6.76. The number of hydrogen-bond donors (Lipinski definition) is 1. The summed E-state index contributed by atoms with van der Waals surface area (Å²) in [4.78, 5) is 26.8. The maximum atomic E-state index is 13.4. The van der Waals surface area contributed by atoms with Crippen LogP contribution in [0.3, 0.4) is 0 Å². The molecule has 1 amide bonds. The van der Waals surface area contributed by atoms with E-state index in [4.69, 9.17) is 9.15 Å². The summed E-state index contributed by atoms with van der Waals surface area (Å²) >= 11 is 0. The quantitative estimate of drug-likeness (QED) is 0.907. The average Bonchev–Trinajstić information content (AvgIpc) is 3.21. The van der Waals surface area contributed by atoms with Gasteiger partial charge in [0.05, 0.1) is 6.61 Å². The van der Waals surface area contributed by atoms with E-state index in [1.807, 2.05) is 24.3 Å². The monoisotopic (exact) mass is 357 g/mol. The number of benzene rings is 1. The number of para-hydroxylation sites is 1. The van der Waals surface area contributed by atoms with Gasteiger partial charge in [0.15, 0.2) is 5.76 Å². The van der Waals surface area contributed by atoms with E-state index in [1.54, 1.807) is 12.0 Å². The summed E-state index contributed by atoms with van der Waals surface area (Å²) in [5.74, 6) is -0.776. The highest BCUT2D eigenvalue weighted by atomic mass is 16.5. The van der Waals surface area contributed by atoms with Crippen molar-refractivity contribution in [3.05, 3.63) is 35.6 Å². The Morgan fingerprint density at radius 3 is 2.81 bits per heavy atom. The molecule has 6 nitrogen and oxygen atoms in total. The number of methoxy groups -OCH3 is 1. The van der Waals surface area contributed by atoms with Crippen molar-refractivity contribution in [2.45, 2.75) is 50.8 Å². The highest BCUT2D eigenvalue weighted by Gasteiger charge is 2.48. The normalized spacial score (nSPS) is 25.4. The lowest BCUT2D eigenvalue weighted by atomic mass is 9.84. The summed E-state index contributed by atoms with van der Waals surface area (Å²) in [5, 5.41) is 10.5. The number of amides is 1. The maximum absolute atomic E-state index is 13.4. The summed E-state index contributed by atoms with van der Waals surface area (Å²) in [7, 11) is 1.57. The van der Waals surface area contributed by atoms with Gasteiger partial charge in [-0.1, -0.05) is 31.0 Å². The highest BCUT2D eigenvalue weighted by molar-refractivity contribution is 6.01. The number of hydrogen-bond acceptors (Lipinski definition) is 4. The van der Waals surface area contributed by atoms with Crippen LogP contribution in [-0.4, -0.2) is 41.1 Å². The molecule has 6 heteroatoms. The molecule has 2 aromatic rings. The van der Waals surface area contributed by atoms with Gasteiger partial charge >= 0.3 is 5.97 Å². The van der Waals surface area contributed by atoms with Crippen LogP contribution >= 0.6 is 0 Å². The van der Waals surface area contributed by atoms with Crippen LogP contribution in [-0.2, 0) is 16.1 Å². The van der Waals surface area contributed by atoms with Crippen molar-refractivity contribution < 1.29 is 23.8 Å². The van der Waals surface area contributed by atoms with Gasteiger partial charge in [0.1, 0.15) is 11.6 Å². The predicted molar refractivity (Wildman–Crippen MR) is 94.9 cm³/mol. The Bertz CT molecular complexity index is 842. The summed E-state index contributed by atoms with van der Waals surface area (Å²) in [6.07, 6.45) is 4.52. The van der Waals surface area contributed by atoms with Crippen LogP contribution in [0.2, 0.25) is 0 Å². The van der Waals surface area contributed by atoms with E-state index < -0.39 is 12.0 Å². The van der Waals surface area contributed by atoms with Crippen molar-refractivity contribution >= 4 is 22.8 Å². The van der Waals surface area contributed by atoms with Crippen LogP contribution in [0.5, 0.6) is 0 Å². The molecule has 1 saturated carbocycles. The number of rotatable bonds is 4. The van der Waals surface area contributed by atoms with Gasteiger partial charge in [0, 0.05) is 24.1 Å². The number of nitrogens with zero attached hydrogens (tertiary/aromatic N) is 1. The van der Waals surface area contributed by atoms with Crippen LogP contribution in [0.25, 0.3) is 11.0 Å². The Kier molecular flexibility index (Phi) is 4.44. The topological polar surface area (TPSA) is 80.0 Å². The second-order valence-electron chi connectivity index (χ2n) is 7.25. The van der Waals surface area contributed by atoms with E-state index >= 15 is 0 Å². The van der Waals surface area contributed by atoms with Crippen molar-refractivity contribution in [2.75, 3.05) is 7.11 Å². The molecule has 0 bridgehead atoms. The Morgan fingerprint density at radius 1 is 1.27 bits per heavy atom. The van der Waals surface area contributed by atoms with Crippen molar-refractivity contribution in [3.8, 4) is 0 Å². The van der Waals surface area contributed by atoms with Gasteiger partial charge in [0.25, 0.3) is 5.91 Å². The van der Waals surface area contributed by atoms with Crippen molar-refractivity contribution in [1.82, 2.24) is 4.90 Å². The smallest absolute Gasteiger partial charge is 0.326 e. The summed E-state index contributed by atoms with van der Waals surface area (Å²) < 4.78 is 11.2. The molecule has 4 rings (SSSR count). The van der Waals surface area contributed by atoms with Gasteiger partial charge in [-0.2, -0.15) is 0 Å². The van der Waals surface area contributed by atoms with Crippen LogP contribution < -0.4 is 0 Å². The first kappa shape index (κ1) is 17.1. The SMILES string of the molecule is COCc1c(C(=O)N2C(C(=O)O)CC3CCCCC32)oc2ccccc12. The third-order valence-corrected chi connectivity index (χ3v) is 5.79. The fourth-order valence-corrected chi connectivity index (χ4v) is 4.65. The van der Waals surface area contributed by atoms with Gasteiger partial charge in [-0.15, -0.1) is 0 Å². The Labute approximate surface area is 151 Å². The minimum atomic E-state index is -0.933. The molecule has 3 unspecified atom stereocenters. The average molecular weight is 357 g/mol. The summed E-state index contributed by atoms with van der Waals surface area (Å²) in [6, 6.07) is 6.65. The van der Waals surface area contributed by atoms with Gasteiger partial charge in [-0.25, -0.2) is 4.79 Å². The third kappa shape index (κ3) is 2.69. The molecule has 1 saturated heterocycles. The van der Waals surface area contributed by atoms with E-state index in [1.165, 1.54) is 0 Å². The number of carboxylic acid groups (broad SMARTS) is 1. The van der Waals surface area contributed by atoms with E-state index in [9.17, 15) is 14.7 Å². The summed E-state index contributed by atoms with van der Waals surface area (Å²) in [6.45, 7) is 0.248. The lowest BCUT2D eigenvalue weighted by Gasteiger charge is -2.32. The third-order valence-electron chi connectivity index (χ3n) is 5.79. The number of carboxylic acids is 1. The first-order chi connectivity index (χ1) is 12.6. The van der Waals surface area contributed by atoms with E-state index in [2.05, 4.69) is 0 Å². The van der Waals surface area contributed by atoms with Gasteiger partial charge in [-0.3, -0.25) is 4.79 Å². The lowest BCUT2D eigenvalue weighted by molar-refractivity contribution is -0.141. The maximum Gasteiger partial charge on any atom is 0.326 e. The Hall–Kier alpha value is -2.34. The standard InChI is InChI=1S/C20H23NO5/c1-25-11-14-13-7-3-5-9-17(13)26-18(14)19(22)21-15-8-4-2-6-12(15)10-16(21)20(23)24/h3,5,7,9,12,15-16H,2,4,6,8,10-11H2,1H3,(H,23,24). The molecule has 1 aromatic heterocycles. The zero-order valence-electron chi connectivity index (χ0n) is 14.8. The molecule has 2 heterocycles. The zero-order chi connectivity index (χ0) is 18.3. The predicted octanol–water partition coefficient (Wildman–Crippen LogP) is 3.44. The fraction of sp³-hybridized carbons (Fsp3) is 0.500. The van der Waals surface area contributed by atoms with Crippen LogP contribution in [0, 0.1) is 5.92 Å². The first-order valence-corrected chi connectivity index (χ1v) is 9.16. The van der Waals surface area contributed by atoms with Crippen molar-refractivity contribution in [3.63, 3.8) is 0 Å². The zero-order valence-corrected chi connectivity index (χ0v) is 14.8. The minimum Gasteiger partial charge on any atom is -0.480 e. The molecule has 0 spiro atoms. The Balaban J connectivity index is 1.77. The molecule has 0 radical (unpaired) electrons. The molecule has 3 atom stereocenters. The summed E-state index contributed by atoms with van der Waals surface area (Å²) in [5.41, 5.74) is 1.31. The molecule has 1 N–H and O–H groups in total. The number of likely N-dealkylation sites (tertiary alicyclic amines) is 1. The van der Waals surface area contributed by atoms with Gasteiger partial charge in [0.2, 0.25) is 0 Å². The van der Waals surface area contributed by atoms with Crippen LogP contribution in [0.15, 0.2) is 28.7 Å². The molecule has 26 heavy (non-hydrogen) atoms. The van der Waals surface area contributed by atoms with Crippen LogP contribution in [0.1, 0.15) is 48.2 Å². The number of fused-ring (bicyclic) bond motifs is 2. The molecular formula is C20H23NO5. The fourth-order valence-electron chi connectivity index (χ4n) is 4.65. The van der Waals surface area contributed by atoms with Crippen molar-refractivity contribution in [2.24, 2.45) is 5.92 Å². The molecule has 2 aliphatic rings. The molecule has 2 fully saturated rings. The molecule has 1 aliphatic carbocycles. The minimum absolute atomic E-state index is 0.0130. The largest absolute Gasteiger partial charge is 0.480 e. The molecule has 1 aromatic carbocycles. The second-order valence-corrected chi connectivity index (χ2v) is 7.25. The first-order valence-electron chi connectivity index (χ1n) is 9.16. The molecular weight excluding hydrogens is 334 g/mol. The van der Waals surface area contributed by atoms with E-state index in [0.29, 0.717) is 17.6 Å². The van der Waals surface area contributed by atoms with Crippen molar-refractivity contribution in [1.29, 1.82) is 0 Å². The molecule has 1 aliphatic heterocycles. The number of ether oxygens (including phenoxy) is 1. The number of carbonyl (C=O) groups excluding carboxylic acids is 1. The number of carbonyl (C=O) groups is 2.